The number of aromatic nitrogens is 2. The second kappa shape index (κ2) is 10.5. The van der Waals surface area contributed by atoms with Crippen LogP contribution < -0.4 is 21.1 Å². The number of rotatable bonds is 5. The van der Waals surface area contributed by atoms with E-state index < -0.39 is 17.6 Å². The summed E-state index contributed by atoms with van der Waals surface area (Å²) in [6, 6.07) is 13.1. The standard InChI is InChI=1S/C27H23ClF3N5O2/c28-21-4-1-16(12-20(21)15-2-5-22-17(11-15)14-34-26(32)36-22)25(37)35-23-13-18(27(29,30)31)3-6-24(23)38-19-7-9-33-10-8-19/h1-6,11-14,19,33H,7-10H2,(H,35,37)(H2,32,34,36). The summed E-state index contributed by atoms with van der Waals surface area (Å²) in [5.41, 5.74) is 6.84. The number of nitrogens with zero attached hydrogens (tertiary/aromatic N) is 2. The van der Waals surface area contributed by atoms with Gasteiger partial charge in [-0.1, -0.05) is 17.7 Å². The Balaban J connectivity index is 1.45. The van der Waals surface area contributed by atoms with Crippen molar-refractivity contribution < 1.29 is 22.7 Å². The molecule has 0 unspecified atom stereocenters. The Labute approximate surface area is 221 Å². The number of carbonyl (C=O) groups is 1. The van der Waals surface area contributed by atoms with E-state index in [1.54, 1.807) is 30.5 Å². The fourth-order valence-corrected chi connectivity index (χ4v) is 4.52. The summed E-state index contributed by atoms with van der Waals surface area (Å²) in [5, 5.41) is 6.94. The molecule has 38 heavy (non-hydrogen) atoms. The number of piperidine rings is 1. The minimum absolute atomic E-state index is 0.0553. The molecule has 1 aliphatic heterocycles. The Morgan fingerprint density at radius 3 is 2.63 bits per heavy atom. The highest BCUT2D eigenvalue weighted by molar-refractivity contribution is 6.33. The summed E-state index contributed by atoms with van der Waals surface area (Å²) in [6.45, 7) is 1.49. The average Bonchev–Trinajstić information content (AvgIpc) is 2.89. The zero-order valence-corrected chi connectivity index (χ0v) is 20.7. The number of hydrogen-bond donors (Lipinski definition) is 3. The number of carbonyl (C=O) groups excluding carboxylic acids is 1. The first-order chi connectivity index (χ1) is 18.2. The Hall–Kier alpha value is -3.89. The molecule has 1 aromatic heterocycles. The summed E-state index contributed by atoms with van der Waals surface area (Å²) < 4.78 is 46.3. The van der Waals surface area contributed by atoms with Gasteiger partial charge in [-0.2, -0.15) is 13.2 Å². The van der Waals surface area contributed by atoms with Crippen LogP contribution in [0.1, 0.15) is 28.8 Å². The van der Waals surface area contributed by atoms with Crippen molar-refractivity contribution in [1.29, 1.82) is 0 Å². The molecule has 4 N–H and O–H groups in total. The van der Waals surface area contributed by atoms with Crippen LogP contribution >= 0.6 is 11.6 Å². The van der Waals surface area contributed by atoms with Crippen LogP contribution in [-0.2, 0) is 6.18 Å². The van der Waals surface area contributed by atoms with Crippen molar-refractivity contribution >= 4 is 40.0 Å². The lowest BCUT2D eigenvalue weighted by Crippen LogP contribution is -2.34. The lowest BCUT2D eigenvalue weighted by Gasteiger charge is -2.25. The van der Waals surface area contributed by atoms with Gasteiger partial charge in [-0.15, -0.1) is 0 Å². The number of hydrogen-bond acceptors (Lipinski definition) is 6. The molecule has 1 fully saturated rings. The van der Waals surface area contributed by atoms with Gasteiger partial charge in [-0.3, -0.25) is 4.79 Å². The Bertz CT molecular complexity index is 1510. The highest BCUT2D eigenvalue weighted by Gasteiger charge is 2.32. The molecule has 7 nitrogen and oxygen atoms in total. The molecule has 0 spiro atoms. The van der Waals surface area contributed by atoms with Crippen molar-refractivity contribution in [2.24, 2.45) is 0 Å². The van der Waals surface area contributed by atoms with Crippen LogP contribution in [0.25, 0.3) is 22.0 Å². The summed E-state index contributed by atoms with van der Waals surface area (Å²) in [7, 11) is 0. The summed E-state index contributed by atoms with van der Waals surface area (Å²) >= 11 is 6.44. The van der Waals surface area contributed by atoms with Gasteiger partial charge in [0.15, 0.2) is 0 Å². The number of benzene rings is 3. The van der Waals surface area contributed by atoms with Crippen molar-refractivity contribution in [1.82, 2.24) is 15.3 Å². The highest BCUT2D eigenvalue weighted by Crippen LogP contribution is 2.37. The number of nitrogen functional groups attached to an aromatic ring is 1. The fourth-order valence-electron chi connectivity index (χ4n) is 4.30. The highest BCUT2D eigenvalue weighted by atomic mass is 35.5. The van der Waals surface area contributed by atoms with Crippen molar-refractivity contribution in [2.45, 2.75) is 25.1 Å². The smallest absolute Gasteiger partial charge is 0.416 e. The largest absolute Gasteiger partial charge is 0.488 e. The van der Waals surface area contributed by atoms with Crippen molar-refractivity contribution in [3.63, 3.8) is 0 Å². The van der Waals surface area contributed by atoms with Gasteiger partial charge in [0.2, 0.25) is 5.95 Å². The van der Waals surface area contributed by atoms with Crippen LogP contribution in [0, 0.1) is 0 Å². The van der Waals surface area contributed by atoms with Crippen LogP contribution in [0.2, 0.25) is 5.02 Å². The number of nitrogens with one attached hydrogen (secondary N) is 2. The van der Waals surface area contributed by atoms with E-state index >= 15 is 0 Å². The molecule has 11 heteroatoms. The van der Waals surface area contributed by atoms with E-state index in [1.807, 2.05) is 6.07 Å². The number of amides is 1. The summed E-state index contributed by atoms with van der Waals surface area (Å²) in [6.07, 6.45) is -1.75. The monoisotopic (exact) mass is 541 g/mol. The molecule has 3 aromatic carbocycles. The normalized spacial score (nSPS) is 14.4. The van der Waals surface area contributed by atoms with Gasteiger partial charge in [0.05, 0.1) is 16.8 Å². The van der Waals surface area contributed by atoms with Crippen LogP contribution in [0.15, 0.2) is 60.8 Å². The first kappa shape index (κ1) is 25.7. The molecule has 5 rings (SSSR count). The van der Waals surface area contributed by atoms with E-state index in [0.29, 0.717) is 34.5 Å². The molecule has 0 bridgehead atoms. The molecule has 0 atom stereocenters. The molecule has 0 saturated carbocycles. The van der Waals surface area contributed by atoms with Gasteiger partial charge in [0.25, 0.3) is 5.91 Å². The predicted molar refractivity (Wildman–Crippen MR) is 140 cm³/mol. The number of alkyl halides is 3. The van der Waals surface area contributed by atoms with Gasteiger partial charge in [0, 0.05) is 27.7 Å². The number of halogens is 4. The molecule has 196 valence electrons. The van der Waals surface area contributed by atoms with Gasteiger partial charge in [0.1, 0.15) is 11.9 Å². The van der Waals surface area contributed by atoms with E-state index in [-0.39, 0.29) is 29.1 Å². The zero-order valence-electron chi connectivity index (χ0n) is 20.0. The molecular formula is C27H23ClF3N5O2. The van der Waals surface area contributed by atoms with E-state index in [4.69, 9.17) is 22.1 Å². The third-order valence-electron chi connectivity index (χ3n) is 6.27. The molecule has 0 aliphatic carbocycles. The number of fused-ring (bicyclic) bond motifs is 1. The van der Waals surface area contributed by atoms with Crippen LogP contribution in [0.4, 0.5) is 24.8 Å². The van der Waals surface area contributed by atoms with Gasteiger partial charge in [-0.25, -0.2) is 9.97 Å². The van der Waals surface area contributed by atoms with E-state index in [0.717, 1.165) is 30.6 Å². The van der Waals surface area contributed by atoms with Crippen LogP contribution in [-0.4, -0.2) is 35.1 Å². The first-order valence-electron chi connectivity index (χ1n) is 11.9. The summed E-state index contributed by atoms with van der Waals surface area (Å²) in [4.78, 5) is 21.4. The zero-order chi connectivity index (χ0) is 26.9. The number of nitrogens with two attached hydrogens (primary N) is 1. The minimum atomic E-state index is -4.58. The van der Waals surface area contributed by atoms with Gasteiger partial charge in [-0.05, 0) is 80.0 Å². The van der Waals surface area contributed by atoms with Crippen molar-refractivity contribution in [3.8, 4) is 16.9 Å². The fraction of sp³-hybridized carbons (Fsp3) is 0.222. The van der Waals surface area contributed by atoms with Crippen molar-refractivity contribution in [3.05, 3.63) is 76.9 Å². The molecule has 1 aliphatic rings. The van der Waals surface area contributed by atoms with Crippen molar-refractivity contribution in [2.75, 3.05) is 24.1 Å². The minimum Gasteiger partial charge on any atom is -0.488 e. The molecule has 1 saturated heterocycles. The molecule has 0 radical (unpaired) electrons. The third-order valence-corrected chi connectivity index (χ3v) is 6.60. The number of ether oxygens (including phenoxy) is 1. The van der Waals surface area contributed by atoms with Gasteiger partial charge >= 0.3 is 6.18 Å². The van der Waals surface area contributed by atoms with E-state index in [1.165, 1.54) is 12.1 Å². The summed E-state index contributed by atoms with van der Waals surface area (Å²) in [5.74, 6) is -0.268. The predicted octanol–water partition coefficient (Wildman–Crippen LogP) is 5.93. The average molecular weight is 542 g/mol. The third kappa shape index (κ3) is 5.66. The first-order valence-corrected chi connectivity index (χ1v) is 12.3. The quantitative estimate of drug-likeness (QED) is 0.289. The van der Waals surface area contributed by atoms with E-state index in [2.05, 4.69) is 20.6 Å². The maximum atomic E-state index is 13.4. The second-order valence-corrected chi connectivity index (χ2v) is 9.33. The second-order valence-electron chi connectivity index (χ2n) is 8.93. The van der Waals surface area contributed by atoms with Crippen LogP contribution in [0.5, 0.6) is 5.75 Å². The SMILES string of the molecule is Nc1ncc2cc(-c3cc(C(=O)Nc4cc(C(F)(F)F)ccc4OC4CCNCC4)ccc3Cl)ccc2n1. The lowest BCUT2D eigenvalue weighted by molar-refractivity contribution is -0.137. The molecule has 4 aromatic rings. The maximum Gasteiger partial charge on any atom is 0.416 e. The molecule has 2 heterocycles. The topological polar surface area (TPSA) is 102 Å². The maximum absolute atomic E-state index is 13.4. The van der Waals surface area contributed by atoms with E-state index in [9.17, 15) is 18.0 Å². The Morgan fingerprint density at radius 1 is 1.08 bits per heavy atom. The Morgan fingerprint density at radius 2 is 1.87 bits per heavy atom. The molecular weight excluding hydrogens is 519 g/mol. The molecule has 1 amide bonds. The van der Waals surface area contributed by atoms with Crippen LogP contribution in [0.3, 0.4) is 0 Å². The van der Waals surface area contributed by atoms with Gasteiger partial charge < -0.3 is 21.1 Å². The Kier molecular flexibility index (Phi) is 7.09. The number of anilines is 2. The lowest BCUT2D eigenvalue weighted by atomic mass is 10.0.